The molecule has 13 heteroatoms. The van der Waals surface area contributed by atoms with Crippen molar-refractivity contribution in [3.8, 4) is 0 Å². The Labute approximate surface area is 209 Å². The molecule has 0 unspecified atom stereocenters. The highest BCUT2D eigenvalue weighted by molar-refractivity contribution is 7.38. The second-order valence-electron chi connectivity index (χ2n) is 7.92. The van der Waals surface area contributed by atoms with Gasteiger partial charge in [-0.25, -0.2) is 9.59 Å². The summed E-state index contributed by atoms with van der Waals surface area (Å²) in [5.41, 5.74) is -0.179. The maximum absolute atomic E-state index is 12.5. The molecule has 0 aromatic carbocycles. The molecule has 3 aromatic rings. The number of barbiturate groups is 2. The van der Waals surface area contributed by atoms with Crippen molar-refractivity contribution in [2.45, 2.75) is 0 Å². The van der Waals surface area contributed by atoms with Crippen LogP contribution in [0.5, 0.6) is 0 Å². The Morgan fingerprint density at radius 3 is 1.17 bits per heavy atom. The zero-order chi connectivity index (χ0) is 25.3. The predicted molar refractivity (Wildman–Crippen MR) is 133 cm³/mol. The summed E-state index contributed by atoms with van der Waals surface area (Å²) in [7, 11) is 5.31. The second kappa shape index (κ2) is 7.93. The van der Waals surface area contributed by atoms with Gasteiger partial charge in [-0.2, -0.15) is 0 Å². The third-order valence-electron chi connectivity index (χ3n) is 5.72. The minimum atomic E-state index is -0.678. The molecule has 0 spiro atoms. The number of likely N-dealkylation sites (N-methyl/N-ethyl adjacent to an activating group) is 4. The van der Waals surface area contributed by atoms with E-state index in [2.05, 4.69) is 0 Å². The molecular weight excluding hydrogens is 512 g/mol. The fourth-order valence-electron chi connectivity index (χ4n) is 3.75. The van der Waals surface area contributed by atoms with E-state index in [0.717, 1.165) is 38.4 Å². The van der Waals surface area contributed by atoms with Crippen molar-refractivity contribution < 1.29 is 28.8 Å². The van der Waals surface area contributed by atoms with Crippen molar-refractivity contribution in [2.24, 2.45) is 0 Å². The SMILES string of the molecule is CN1C(=O)C(=Cc2cc3sc4cc(C=C5C(=O)N(C)C(=O)N(C)C5=O)sc4c3s2)C(=O)N(C)C1=O. The first-order valence-electron chi connectivity index (χ1n) is 10.1. The summed E-state index contributed by atoms with van der Waals surface area (Å²) in [5.74, 6) is -2.61. The number of amides is 8. The van der Waals surface area contributed by atoms with Gasteiger partial charge in [0.15, 0.2) is 0 Å². The van der Waals surface area contributed by atoms with Gasteiger partial charge in [0.1, 0.15) is 11.1 Å². The standard InChI is InChI=1S/C22H16N4O6S3/c1-23-17(27)11(18(28)24(2)21(23)31)5-9-7-13-15(33-9)16-14(35-13)8-10(34-16)6-12-19(29)25(3)22(32)26(4)20(12)30/h5-8H,1-4H3. The molecule has 0 atom stereocenters. The van der Waals surface area contributed by atoms with Crippen LogP contribution in [0.25, 0.3) is 31.0 Å². The topological polar surface area (TPSA) is 115 Å². The van der Waals surface area contributed by atoms with Crippen molar-refractivity contribution in [3.63, 3.8) is 0 Å². The van der Waals surface area contributed by atoms with E-state index >= 15 is 0 Å². The molecule has 5 rings (SSSR count). The molecule has 10 nitrogen and oxygen atoms in total. The largest absolute Gasteiger partial charge is 0.333 e. The molecule has 3 aromatic heterocycles. The zero-order valence-electron chi connectivity index (χ0n) is 18.8. The van der Waals surface area contributed by atoms with Gasteiger partial charge in [-0.15, -0.1) is 34.0 Å². The Morgan fingerprint density at radius 1 is 0.543 bits per heavy atom. The molecule has 0 radical (unpaired) electrons. The van der Waals surface area contributed by atoms with E-state index in [-0.39, 0.29) is 11.1 Å². The van der Waals surface area contributed by atoms with Crippen molar-refractivity contribution in [1.29, 1.82) is 0 Å². The molecule has 5 heterocycles. The van der Waals surface area contributed by atoms with E-state index in [4.69, 9.17) is 0 Å². The summed E-state index contributed by atoms with van der Waals surface area (Å²) in [5, 5.41) is 0. The van der Waals surface area contributed by atoms with Crippen LogP contribution >= 0.6 is 34.0 Å². The molecule has 2 aliphatic heterocycles. The Balaban J connectivity index is 1.52. The maximum atomic E-state index is 12.5. The van der Waals surface area contributed by atoms with Crippen molar-refractivity contribution in [1.82, 2.24) is 19.6 Å². The summed E-state index contributed by atoms with van der Waals surface area (Å²) < 4.78 is 3.83. The average molecular weight is 529 g/mol. The normalized spacial score (nSPS) is 17.7. The number of nitrogens with zero attached hydrogens (tertiary/aromatic N) is 4. The van der Waals surface area contributed by atoms with Gasteiger partial charge >= 0.3 is 12.1 Å². The molecule has 0 aliphatic carbocycles. The Morgan fingerprint density at radius 2 is 0.857 bits per heavy atom. The van der Waals surface area contributed by atoms with E-state index in [1.54, 1.807) is 0 Å². The predicted octanol–water partition coefficient (Wildman–Crippen LogP) is 3.05. The fraction of sp³-hybridized carbons (Fsp3) is 0.182. The van der Waals surface area contributed by atoms with Crippen LogP contribution in [-0.2, 0) is 19.2 Å². The van der Waals surface area contributed by atoms with Gasteiger partial charge in [0.25, 0.3) is 23.6 Å². The van der Waals surface area contributed by atoms with Crippen LogP contribution in [0.2, 0.25) is 0 Å². The molecule has 2 fully saturated rings. The number of thiophene rings is 3. The Hall–Kier alpha value is -3.68. The highest BCUT2D eigenvalue weighted by atomic mass is 32.1. The maximum Gasteiger partial charge on any atom is 0.333 e. The first-order valence-corrected chi connectivity index (χ1v) is 12.5. The number of urea groups is 2. The van der Waals surface area contributed by atoms with Gasteiger partial charge in [0.2, 0.25) is 0 Å². The van der Waals surface area contributed by atoms with Gasteiger partial charge < -0.3 is 0 Å². The first-order chi connectivity index (χ1) is 16.5. The van der Waals surface area contributed by atoms with Crippen molar-refractivity contribution in [2.75, 3.05) is 28.2 Å². The highest BCUT2D eigenvalue weighted by Gasteiger charge is 2.39. The van der Waals surface area contributed by atoms with Crippen molar-refractivity contribution in [3.05, 3.63) is 33.0 Å². The molecule has 2 saturated heterocycles. The summed E-state index contributed by atoms with van der Waals surface area (Å²) in [6.07, 6.45) is 2.98. The third kappa shape index (κ3) is 3.42. The Kier molecular flexibility index (Phi) is 5.23. The summed E-state index contributed by atoms with van der Waals surface area (Å²) in [4.78, 5) is 78.8. The zero-order valence-corrected chi connectivity index (χ0v) is 21.2. The van der Waals surface area contributed by atoms with E-state index in [9.17, 15) is 28.8 Å². The van der Waals surface area contributed by atoms with Crippen LogP contribution in [0.15, 0.2) is 23.3 Å². The number of hydrogen-bond acceptors (Lipinski definition) is 9. The Bertz CT molecular complexity index is 1420. The smallest absolute Gasteiger partial charge is 0.268 e. The van der Waals surface area contributed by atoms with Crippen LogP contribution in [0, 0.1) is 0 Å². The molecule has 8 amide bonds. The number of fused-ring (bicyclic) bond motifs is 3. The molecule has 35 heavy (non-hydrogen) atoms. The van der Waals surface area contributed by atoms with E-state index in [1.807, 2.05) is 12.1 Å². The number of rotatable bonds is 2. The van der Waals surface area contributed by atoms with E-state index < -0.39 is 35.7 Å². The lowest BCUT2D eigenvalue weighted by atomic mass is 10.1. The molecule has 178 valence electrons. The van der Waals surface area contributed by atoms with Crippen LogP contribution in [-0.4, -0.2) is 83.5 Å². The van der Waals surface area contributed by atoms with Gasteiger partial charge in [-0.05, 0) is 24.3 Å². The van der Waals surface area contributed by atoms with E-state index in [0.29, 0.717) is 9.75 Å². The molecule has 0 saturated carbocycles. The van der Waals surface area contributed by atoms with Gasteiger partial charge in [0.05, 0.1) is 9.40 Å². The lowest BCUT2D eigenvalue weighted by Crippen LogP contribution is -2.52. The summed E-state index contributed by atoms with van der Waals surface area (Å²) >= 11 is 4.30. The van der Waals surface area contributed by atoms with E-state index in [1.165, 1.54) is 74.4 Å². The molecule has 0 bridgehead atoms. The third-order valence-corrected chi connectivity index (χ3v) is 9.39. The van der Waals surface area contributed by atoms with Crippen molar-refractivity contribution >= 4 is 101 Å². The van der Waals surface area contributed by atoms with Gasteiger partial charge in [-0.3, -0.25) is 38.8 Å². The molecule has 0 N–H and O–H groups in total. The first kappa shape index (κ1) is 23.1. The minimum absolute atomic E-state index is 0.0894. The lowest BCUT2D eigenvalue weighted by molar-refractivity contribution is -0.135. The summed E-state index contributed by atoms with van der Waals surface area (Å²) in [6, 6.07) is 2.40. The van der Waals surface area contributed by atoms with Gasteiger partial charge in [0, 0.05) is 47.3 Å². The van der Waals surface area contributed by atoms with Crippen LogP contribution in [0.3, 0.4) is 0 Å². The average Bonchev–Trinajstić information content (AvgIpc) is 3.49. The highest BCUT2D eigenvalue weighted by Crippen LogP contribution is 2.44. The summed E-state index contributed by atoms with van der Waals surface area (Å²) in [6.45, 7) is 0. The quantitative estimate of drug-likeness (QED) is 0.373. The monoisotopic (exact) mass is 528 g/mol. The number of carbonyl (C=O) groups is 6. The number of imide groups is 4. The van der Waals surface area contributed by atoms with Crippen LogP contribution in [0.1, 0.15) is 9.75 Å². The number of carbonyl (C=O) groups excluding carboxylic acids is 6. The lowest BCUT2D eigenvalue weighted by Gasteiger charge is -2.28. The van der Waals surface area contributed by atoms with Gasteiger partial charge in [-0.1, -0.05) is 0 Å². The molecule has 2 aliphatic rings. The second-order valence-corrected chi connectivity index (χ2v) is 11.2. The van der Waals surface area contributed by atoms with Crippen LogP contribution in [0.4, 0.5) is 9.59 Å². The molecular formula is C22H16N4O6S3. The fourth-order valence-corrected chi connectivity index (χ4v) is 7.68. The number of hydrogen-bond donors (Lipinski definition) is 0. The minimum Gasteiger partial charge on any atom is -0.268 e. The van der Waals surface area contributed by atoms with Crippen LogP contribution < -0.4 is 0 Å².